The molecule has 0 heterocycles. The summed E-state index contributed by atoms with van der Waals surface area (Å²) in [6.45, 7) is 2.35. The first kappa shape index (κ1) is 29.8. The molecule has 0 radical (unpaired) electrons. The largest absolute Gasteiger partial charge is 0.270 e. The maximum Gasteiger partial charge on any atom is 0.267 e. The Morgan fingerprint density at radius 2 is 0.900 bits per heavy atom. The third kappa shape index (κ3) is 24.1. The Bertz CT molecular complexity index is 426. The first-order chi connectivity index (χ1) is 14.6. The van der Waals surface area contributed by atoms with Gasteiger partial charge in [-0.1, -0.05) is 122 Å². The molecular weight excluding hydrogens is 399 g/mol. The zero-order chi connectivity index (χ0) is 22.2. The first-order valence-electron chi connectivity index (χ1n) is 13.1. The molecule has 3 nitrogen and oxygen atoms in total. The van der Waals surface area contributed by atoms with Crippen LogP contribution in [0.5, 0.6) is 0 Å². The number of hydrogen-bond acceptors (Lipinski definition) is 3. The minimum atomic E-state index is -3.36. The second-order valence-electron chi connectivity index (χ2n) is 8.84. The Hall–Kier alpha value is -0.160. The molecule has 0 aliphatic carbocycles. The van der Waals surface area contributed by atoms with Crippen LogP contribution < -0.4 is 0 Å². The molecule has 0 bridgehead atoms. The molecule has 0 saturated carbocycles. The quantitative estimate of drug-likeness (QED) is 0.103. The highest BCUT2D eigenvalue weighted by molar-refractivity contribution is 7.86. The molecule has 0 aliphatic rings. The maximum atomic E-state index is 12.0. The second-order valence-corrected chi connectivity index (χ2v) is 10.6. The van der Waals surface area contributed by atoms with Crippen LogP contribution in [0, 0.1) is 0 Å². The van der Waals surface area contributed by atoms with Crippen molar-refractivity contribution in [3.8, 4) is 0 Å². The Labute approximate surface area is 188 Å². The van der Waals surface area contributed by atoms with E-state index in [1.165, 1.54) is 83.5 Å². The fourth-order valence-corrected chi connectivity index (χ4v) is 4.85. The zero-order valence-electron chi connectivity index (χ0n) is 20.0. The highest BCUT2D eigenvalue weighted by Crippen LogP contribution is 2.14. The highest BCUT2D eigenvalue weighted by Gasteiger charge is 2.10. The van der Waals surface area contributed by atoms with E-state index < -0.39 is 10.1 Å². The van der Waals surface area contributed by atoms with Gasteiger partial charge in [-0.15, -0.1) is 0 Å². The van der Waals surface area contributed by atoms with E-state index in [-0.39, 0.29) is 12.4 Å². The average Bonchev–Trinajstić information content (AvgIpc) is 2.72. The maximum absolute atomic E-state index is 12.0. The summed E-state index contributed by atoms with van der Waals surface area (Å²) in [6.07, 6.45) is 24.5. The number of alkyl halides is 1. The van der Waals surface area contributed by atoms with Gasteiger partial charge in [0.25, 0.3) is 10.1 Å². The standard InChI is InChI=1S/C25H51FO3S/c1-2-3-4-5-6-7-8-9-10-11-12-13-15-18-21-24-29-30(27,28)25-22-19-16-14-17-20-23-26/h2-25H2,1H3. The normalized spacial score (nSPS) is 11.9. The fourth-order valence-electron chi connectivity index (χ4n) is 3.80. The van der Waals surface area contributed by atoms with E-state index in [1.807, 2.05) is 0 Å². The van der Waals surface area contributed by atoms with Gasteiger partial charge in [-0.05, 0) is 19.3 Å². The van der Waals surface area contributed by atoms with Gasteiger partial charge in [0.1, 0.15) is 0 Å². The van der Waals surface area contributed by atoms with Gasteiger partial charge in [0.15, 0.2) is 0 Å². The summed E-state index contributed by atoms with van der Waals surface area (Å²) in [5.41, 5.74) is 0. The molecular formula is C25H51FO3S. The molecule has 0 unspecified atom stereocenters. The van der Waals surface area contributed by atoms with E-state index in [0.29, 0.717) is 19.4 Å². The first-order valence-corrected chi connectivity index (χ1v) is 14.6. The summed E-state index contributed by atoms with van der Waals surface area (Å²) < 4.78 is 40.8. The monoisotopic (exact) mass is 450 g/mol. The lowest BCUT2D eigenvalue weighted by Crippen LogP contribution is -2.11. The number of rotatable bonds is 25. The summed E-state index contributed by atoms with van der Waals surface area (Å²) in [5.74, 6) is 0.120. The number of hydrogen-bond donors (Lipinski definition) is 0. The highest BCUT2D eigenvalue weighted by atomic mass is 32.2. The third-order valence-corrected chi connectivity index (χ3v) is 7.10. The van der Waals surface area contributed by atoms with Crippen molar-refractivity contribution in [2.45, 2.75) is 142 Å². The molecule has 0 saturated heterocycles. The van der Waals surface area contributed by atoms with E-state index in [0.717, 1.165) is 38.5 Å². The van der Waals surface area contributed by atoms with Crippen LogP contribution in [0.4, 0.5) is 4.39 Å². The summed E-state index contributed by atoms with van der Waals surface area (Å²) in [4.78, 5) is 0. The molecule has 0 spiro atoms. The van der Waals surface area contributed by atoms with Crippen LogP contribution >= 0.6 is 0 Å². The predicted molar refractivity (Wildman–Crippen MR) is 128 cm³/mol. The van der Waals surface area contributed by atoms with Gasteiger partial charge in [0.2, 0.25) is 0 Å². The van der Waals surface area contributed by atoms with Crippen molar-refractivity contribution in [1.29, 1.82) is 0 Å². The topological polar surface area (TPSA) is 43.4 Å². The smallest absolute Gasteiger partial charge is 0.267 e. The predicted octanol–water partition coefficient (Wildman–Crippen LogP) is 8.51. The van der Waals surface area contributed by atoms with Crippen molar-refractivity contribution < 1.29 is 17.0 Å². The van der Waals surface area contributed by atoms with Crippen molar-refractivity contribution >= 4 is 10.1 Å². The van der Waals surface area contributed by atoms with E-state index in [4.69, 9.17) is 4.18 Å². The Balaban J connectivity index is 3.27. The molecule has 182 valence electrons. The van der Waals surface area contributed by atoms with Gasteiger partial charge >= 0.3 is 0 Å². The van der Waals surface area contributed by atoms with Crippen molar-refractivity contribution in [2.75, 3.05) is 19.0 Å². The molecule has 0 aromatic rings. The SMILES string of the molecule is CCCCCCCCCCCCCCCCCOS(=O)(=O)CCCCCCCCF. The molecule has 5 heteroatoms. The summed E-state index contributed by atoms with van der Waals surface area (Å²) >= 11 is 0. The van der Waals surface area contributed by atoms with Crippen molar-refractivity contribution in [3.63, 3.8) is 0 Å². The molecule has 0 aromatic carbocycles. The van der Waals surface area contributed by atoms with Crippen LogP contribution in [-0.2, 0) is 14.3 Å². The number of halogens is 1. The van der Waals surface area contributed by atoms with Crippen molar-refractivity contribution in [2.24, 2.45) is 0 Å². The average molecular weight is 451 g/mol. The minimum absolute atomic E-state index is 0.120. The van der Waals surface area contributed by atoms with Crippen LogP contribution in [0.2, 0.25) is 0 Å². The van der Waals surface area contributed by atoms with Gasteiger partial charge in [-0.25, -0.2) is 0 Å². The molecule has 0 rings (SSSR count). The molecule has 0 N–H and O–H groups in total. The molecule has 0 aliphatic heterocycles. The summed E-state index contributed by atoms with van der Waals surface area (Å²) in [7, 11) is -3.36. The summed E-state index contributed by atoms with van der Waals surface area (Å²) in [6, 6.07) is 0. The lowest BCUT2D eigenvalue weighted by atomic mass is 10.0. The molecule has 30 heavy (non-hydrogen) atoms. The molecule has 0 fully saturated rings. The van der Waals surface area contributed by atoms with Crippen LogP contribution in [0.1, 0.15) is 142 Å². The van der Waals surface area contributed by atoms with Crippen LogP contribution in [0.3, 0.4) is 0 Å². The van der Waals surface area contributed by atoms with Gasteiger partial charge in [-0.2, -0.15) is 8.42 Å². The zero-order valence-corrected chi connectivity index (χ0v) is 20.8. The third-order valence-electron chi connectivity index (χ3n) is 5.79. The van der Waals surface area contributed by atoms with Crippen molar-refractivity contribution in [1.82, 2.24) is 0 Å². The fraction of sp³-hybridized carbons (Fsp3) is 1.00. The van der Waals surface area contributed by atoms with Gasteiger partial charge < -0.3 is 0 Å². The number of unbranched alkanes of at least 4 members (excludes halogenated alkanes) is 19. The van der Waals surface area contributed by atoms with E-state index in [9.17, 15) is 12.8 Å². The van der Waals surface area contributed by atoms with E-state index >= 15 is 0 Å². The Kier molecular flexibility index (Phi) is 23.4. The van der Waals surface area contributed by atoms with Crippen molar-refractivity contribution in [3.05, 3.63) is 0 Å². The van der Waals surface area contributed by atoms with Gasteiger partial charge in [-0.3, -0.25) is 8.57 Å². The second kappa shape index (κ2) is 23.5. The Morgan fingerprint density at radius 1 is 0.533 bits per heavy atom. The van der Waals surface area contributed by atoms with Crippen LogP contribution in [0.25, 0.3) is 0 Å². The molecule has 0 aromatic heterocycles. The summed E-state index contributed by atoms with van der Waals surface area (Å²) in [5, 5.41) is 0. The molecule has 0 amide bonds. The van der Waals surface area contributed by atoms with Gasteiger partial charge in [0.05, 0.1) is 19.0 Å². The van der Waals surface area contributed by atoms with Crippen LogP contribution in [0.15, 0.2) is 0 Å². The minimum Gasteiger partial charge on any atom is -0.270 e. The van der Waals surface area contributed by atoms with E-state index in [2.05, 4.69) is 6.92 Å². The van der Waals surface area contributed by atoms with Crippen LogP contribution in [-0.4, -0.2) is 27.5 Å². The lowest BCUT2D eigenvalue weighted by Gasteiger charge is -2.06. The molecule has 0 atom stereocenters. The van der Waals surface area contributed by atoms with Gasteiger partial charge in [0, 0.05) is 0 Å². The van der Waals surface area contributed by atoms with E-state index in [1.54, 1.807) is 0 Å². The Morgan fingerprint density at radius 3 is 1.33 bits per heavy atom. The lowest BCUT2D eigenvalue weighted by molar-refractivity contribution is 0.305.